The van der Waals surface area contributed by atoms with Gasteiger partial charge in [0.2, 0.25) is 0 Å². The van der Waals surface area contributed by atoms with Crippen LogP contribution in [0.3, 0.4) is 0 Å². The van der Waals surface area contributed by atoms with Gasteiger partial charge in [0.1, 0.15) is 17.8 Å². The number of aliphatic carboxylic acids is 2. The molecule has 2 aromatic rings. The number of carboxylic acid groups (broad SMARTS) is 2. The first-order chi connectivity index (χ1) is 18.1. The molecule has 3 aliphatic rings. The van der Waals surface area contributed by atoms with E-state index in [-0.39, 0.29) is 37.1 Å². The van der Waals surface area contributed by atoms with E-state index in [1.807, 2.05) is 0 Å². The second-order valence-electron chi connectivity index (χ2n) is 9.78. The number of carbonyl (C=O) groups is 2. The molecule has 2 N–H and O–H groups in total. The van der Waals surface area contributed by atoms with Crippen LogP contribution in [-0.2, 0) is 40.4 Å². The van der Waals surface area contributed by atoms with Gasteiger partial charge in [0.05, 0.1) is 19.3 Å². The zero-order valence-corrected chi connectivity index (χ0v) is 20.7. The molecule has 0 saturated carbocycles. The van der Waals surface area contributed by atoms with Crippen LogP contribution in [0.15, 0.2) is 33.9 Å². The average Bonchev–Trinajstić information content (AvgIpc) is 3.42. The molecule has 1 aromatic carbocycles. The maximum Gasteiger partial charge on any atom is 0.414 e. The van der Waals surface area contributed by atoms with Crippen LogP contribution in [0, 0.1) is 5.82 Å². The van der Waals surface area contributed by atoms with Crippen LogP contribution in [0.25, 0.3) is 0 Å². The third-order valence-electron chi connectivity index (χ3n) is 7.22. The fourth-order valence-electron chi connectivity index (χ4n) is 5.47. The van der Waals surface area contributed by atoms with Gasteiger partial charge in [-0.05, 0) is 49.8 Å². The van der Waals surface area contributed by atoms with Gasteiger partial charge < -0.3 is 14.9 Å². The molecule has 13 heteroatoms. The third-order valence-corrected chi connectivity index (χ3v) is 7.22. The van der Waals surface area contributed by atoms with Crippen LogP contribution in [0.1, 0.15) is 43.5 Å². The molecule has 4 heterocycles. The van der Waals surface area contributed by atoms with Crippen LogP contribution < -0.4 is 11.4 Å². The Hall–Kier alpha value is -3.45. The molecule has 0 amide bonds. The quantitative estimate of drug-likeness (QED) is 0.499. The molecule has 5 rings (SSSR count). The Kier molecular flexibility index (Phi) is 8.67. The normalized spacial score (nSPS) is 22.8. The molecule has 0 aliphatic carbocycles. The van der Waals surface area contributed by atoms with Crippen molar-refractivity contribution in [3.8, 4) is 0 Å². The van der Waals surface area contributed by atoms with Gasteiger partial charge in [0, 0.05) is 31.6 Å². The van der Waals surface area contributed by atoms with E-state index in [0.29, 0.717) is 25.4 Å². The monoisotopic (exact) mass is 536 g/mol. The van der Waals surface area contributed by atoms with Gasteiger partial charge in [-0.15, -0.1) is 0 Å². The van der Waals surface area contributed by atoms with E-state index >= 15 is 4.39 Å². The lowest BCUT2D eigenvalue weighted by atomic mass is 9.99. The second kappa shape index (κ2) is 11.9. The summed E-state index contributed by atoms with van der Waals surface area (Å²) in [6.45, 7) is 0.918. The topological polar surface area (TPSA) is 144 Å². The van der Waals surface area contributed by atoms with Crippen LogP contribution >= 0.6 is 0 Å². The number of rotatable bonds is 7. The van der Waals surface area contributed by atoms with Crippen molar-refractivity contribution in [2.75, 3.05) is 6.54 Å². The lowest BCUT2D eigenvalue weighted by Crippen LogP contribution is -2.50. The first-order valence-corrected chi connectivity index (χ1v) is 12.5. The molecular formula is C25H30F2N4O7. The van der Waals surface area contributed by atoms with Gasteiger partial charge in [-0.25, -0.2) is 32.5 Å². The fraction of sp³-hybridized carbons (Fsp3) is 0.560. The highest BCUT2D eigenvalue weighted by Crippen LogP contribution is 2.37. The second-order valence-corrected chi connectivity index (χ2v) is 9.78. The summed E-state index contributed by atoms with van der Waals surface area (Å²) < 4.78 is 36.6. The highest BCUT2D eigenvalue weighted by Gasteiger charge is 2.42. The zero-order valence-electron chi connectivity index (χ0n) is 20.7. The number of halogens is 2. The summed E-state index contributed by atoms with van der Waals surface area (Å²) in [6.07, 6.45) is 3.83. The number of aromatic nitrogens is 3. The van der Waals surface area contributed by atoms with Crippen molar-refractivity contribution >= 4 is 11.9 Å². The summed E-state index contributed by atoms with van der Waals surface area (Å²) in [5.41, 5.74) is -0.164. The standard InChI is InChI=1S/C23H28F2N4O3.C2H2O4/c24-16-5-3-15(4-6-16)14-32-20-10-18-7-8-19(11-20)28(18)12-17(25)13-29-22(30)26-21-2-1-9-27(21)23(29)31;3-1(4)2(5)6/h3-6,17-20H,1-2,7-14H2;(H,3,4)(H,5,6)/t17-,18?,19?,20?;/m1./s1. The Morgan fingerprint density at radius 3 is 2.29 bits per heavy atom. The number of hydrogen-bond acceptors (Lipinski definition) is 7. The molecule has 3 atom stereocenters. The highest BCUT2D eigenvalue weighted by molar-refractivity contribution is 6.27. The van der Waals surface area contributed by atoms with Crippen molar-refractivity contribution in [2.24, 2.45) is 0 Å². The van der Waals surface area contributed by atoms with E-state index in [2.05, 4.69) is 9.88 Å². The van der Waals surface area contributed by atoms with Crippen LogP contribution in [0.4, 0.5) is 8.78 Å². The molecular weight excluding hydrogens is 506 g/mol. The van der Waals surface area contributed by atoms with Gasteiger partial charge in [-0.1, -0.05) is 12.1 Å². The van der Waals surface area contributed by atoms with E-state index in [0.717, 1.165) is 42.2 Å². The SMILES string of the molecule is O=C(O)C(=O)O.O=c1nc2n(c(=O)n1C[C@H](F)CN1C3CCC1CC(OCc1ccc(F)cc1)C3)CCC2. The van der Waals surface area contributed by atoms with E-state index in [9.17, 15) is 14.0 Å². The minimum Gasteiger partial charge on any atom is -0.473 e. The summed E-state index contributed by atoms with van der Waals surface area (Å²) in [6, 6.07) is 6.79. The minimum absolute atomic E-state index is 0.0973. The van der Waals surface area contributed by atoms with E-state index in [4.69, 9.17) is 24.5 Å². The Morgan fingerprint density at radius 2 is 1.68 bits per heavy atom. The number of alkyl halides is 1. The number of nitrogens with zero attached hydrogens (tertiary/aromatic N) is 4. The zero-order chi connectivity index (χ0) is 27.4. The number of benzene rings is 1. The van der Waals surface area contributed by atoms with Crippen LogP contribution in [-0.4, -0.2) is 72.1 Å². The third kappa shape index (κ3) is 6.51. The van der Waals surface area contributed by atoms with Gasteiger partial charge >= 0.3 is 23.3 Å². The fourth-order valence-corrected chi connectivity index (χ4v) is 5.47. The molecule has 206 valence electrons. The number of hydrogen-bond donors (Lipinski definition) is 2. The van der Waals surface area contributed by atoms with E-state index in [1.54, 1.807) is 12.1 Å². The first-order valence-electron chi connectivity index (χ1n) is 12.5. The van der Waals surface area contributed by atoms with Crippen LogP contribution in [0.5, 0.6) is 0 Å². The van der Waals surface area contributed by atoms with E-state index < -0.39 is 29.5 Å². The molecule has 0 spiro atoms. The maximum absolute atomic E-state index is 15.0. The van der Waals surface area contributed by atoms with Crippen molar-refractivity contribution in [2.45, 2.75) is 82.6 Å². The van der Waals surface area contributed by atoms with Gasteiger partial charge in [0.25, 0.3) is 0 Å². The highest BCUT2D eigenvalue weighted by atomic mass is 19.1. The minimum atomic E-state index is -1.82. The van der Waals surface area contributed by atoms with E-state index in [1.165, 1.54) is 16.7 Å². The number of ether oxygens (including phenoxy) is 1. The lowest BCUT2D eigenvalue weighted by Gasteiger charge is -2.39. The lowest BCUT2D eigenvalue weighted by molar-refractivity contribution is -0.159. The van der Waals surface area contributed by atoms with Crippen molar-refractivity contribution in [3.05, 3.63) is 62.4 Å². The molecule has 0 radical (unpaired) electrons. The Morgan fingerprint density at radius 1 is 1.05 bits per heavy atom. The average molecular weight is 537 g/mol. The first kappa shape index (κ1) is 27.6. The molecule has 11 nitrogen and oxygen atoms in total. The number of fused-ring (bicyclic) bond motifs is 3. The molecule has 38 heavy (non-hydrogen) atoms. The van der Waals surface area contributed by atoms with Crippen molar-refractivity contribution in [3.63, 3.8) is 0 Å². The Labute approximate surface area is 216 Å². The van der Waals surface area contributed by atoms with Gasteiger partial charge in [0.15, 0.2) is 0 Å². The molecule has 2 fully saturated rings. The molecule has 2 bridgehead atoms. The van der Waals surface area contributed by atoms with Gasteiger partial charge in [-0.3, -0.25) is 9.47 Å². The summed E-state index contributed by atoms with van der Waals surface area (Å²) in [5, 5.41) is 14.8. The van der Waals surface area contributed by atoms with Crippen molar-refractivity contribution in [1.29, 1.82) is 0 Å². The number of carboxylic acids is 2. The molecule has 2 saturated heterocycles. The van der Waals surface area contributed by atoms with Gasteiger partial charge in [-0.2, -0.15) is 4.98 Å². The van der Waals surface area contributed by atoms with Crippen molar-refractivity contribution < 1.29 is 33.3 Å². The Bertz CT molecular complexity index is 1250. The molecule has 1 aromatic heterocycles. The summed E-state index contributed by atoms with van der Waals surface area (Å²) in [5.74, 6) is -3.40. The largest absolute Gasteiger partial charge is 0.473 e. The molecule has 3 aliphatic heterocycles. The summed E-state index contributed by atoms with van der Waals surface area (Å²) in [4.78, 5) is 49.2. The summed E-state index contributed by atoms with van der Waals surface area (Å²) >= 11 is 0. The van der Waals surface area contributed by atoms with Crippen molar-refractivity contribution in [1.82, 2.24) is 19.0 Å². The summed E-state index contributed by atoms with van der Waals surface area (Å²) in [7, 11) is 0. The number of aryl methyl sites for hydroxylation is 1. The Balaban J connectivity index is 0.000000505. The number of piperidine rings is 1. The van der Waals surface area contributed by atoms with Crippen LogP contribution in [0.2, 0.25) is 0 Å². The smallest absolute Gasteiger partial charge is 0.414 e. The predicted molar refractivity (Wildman–Crippen MR) is 129 cm³/mol. The predicted octanol–water partition coefficient (Wildman–Crippen LogP) is 1.20. The molecule has 2 unspecified atom stereocenters. The maximum atomic E-state index is 15.0.